The fourth-order valence-electron chi connectivity index (χ4n) is 2.16. The van der Waals surface area contributed by atoms with Crippen molar-refractivity contribution < 1.29 is 13.6 Å². The minimum atomic E-state index is -0.997. The fraction of sp³-hybridized carbons (Fsp3) is 0.278. The molecule has 5 heteroatoms. The Morgan fingerprint density at radius 1 is 1.04 bits per heavy atom. The van der Waals surface area contributed by atoms with Crippen LogP contribution in [-0.2, 0) is 5.41 Å². The Morgan fingerprint density at radius 3 is 2.30 bits per heavy atom. The Kier molecular flexibility index (Phi) is 4.98. The molecule has 0 spiro atoms. The average Bonchev–Trinajstić information content (AvgIpc) is 2.50. The van der Waals surface area contributed by atoms with E-state index < -0.39 is 17.7 Å². The van der Waals surface area contributed by atoms with Crippen LogP contribution in [0.3, 0.4) is 0 Å². The lowest BCUT2D eigenvalue weighted by molar-refractivity contribution is 0.249. The van der Waals surface area contributed by atoms with Crippen molar-refractivity contribution in [2.45, 2.75) is 26.2 Å². The van der Waals surface area contributed by atoms with Gasteiger partial charge in [0.05, 0.1) is 0 Å². The summed E-state index contributed by atoms with van der Waals surface area (Å²) in [4.78, 5) is 11.9. The van der Waals surface area contributed by atoms with Crippen LogP contribution in [0.25, 0.3) is 0 Å². The van der Waals surface area contributed by atoms with Gasteiger partial charge in [0.25, 0.3) is 0 Å². The summed E-state index contributed by atoms with van der Waals surface area (Å²) in [5.41, 5.74) is 2.23. The Labute approximate surface area is 134 Å². The number of hydrogen-bond acceptors (Lipinski definition) is 1. The number of benzene rings is 2. The van der Waals surface area contributed by atoms with Crippen LogP contribution < -0.4 is 10.6 Å². The Bertz CT molecular complexity index is 697. The molecule has 0 aliphatic carbocycles. The van der Waals surface area contributed by atoms with Crippen LogP contribution in [0.2, 0.25) is 0 Å². The molecule has 0 aliphatic rings. The minimum Gasteiger partial charge on any atom is -0.337 e. The molecule has 23 heavy (non-hydrogen) atoms. The van der Waals surface area contributed by atoms with E-state index in [9.17, 15) is 13.6 Å². The van der Waals surface area contributed by atoms with Gasteiger partial charge in [0, 0.05) is 23.7 Å². The number of hydrogen-bond donors (Lipinski definition) is 2. The highest BCUT2D eigenvalue weighted by Crippen LogP contribution is 2.22. The highest BCUT2D eigenvalue weighted by Gasteiger charge is 2.21. The number of halogens is 2. The van der Waals surface area contributed by atoms with Gasteiger partial charge < -0.3 is 10.6 Å². The Balaban J connectivity index is 1.95. The summed E-state index contributed by atoms with van der Waals surface area (Å²) in [5.74, 6) is -1.95. The number of urea groups is 1. The Morgan fingerprint density at radius 2 is 1.70 bits per heavy atom. The van der Waals surface area contributed by atoms with Gasteiger partial charge in [-0.05, 0) is 24.6 Å². The second kappa shape index (κ2) is 6.77. The van der Waals surface area contributed by atoms with Crippen molar-refractivity contribution in [2.75, 3.05) is 11.9 Å². The molecule has 0 aromatic heterocycles. The molecule has 2 N–H and O–H groups in total. The third-order valence-electron chi connectivity index (χ3n) is 3.70. The molecule has 2 aromatic rings. The molecule has 0 heterocycles. The van der Waals surface area contributed by atoms with Gasteiger partial charge in [0.15, 0.2) is 11.6 Å². The molecule has 0 saturated heterocycles. The topological polar surface area (TPSA) is 41.1 Å². The molecule has 2 rings (SSSR count). The molecule has 0 bridgehead atoms. The van der Waals surface area contributed by atoms with Gasteiger partial charge in [0.1, 0.15) is 0 Å². The summed E-state index contributed by atoms with van der Waals surface area (Å²) >= 11 is 0. The predicted molar refractivity (Wildman–Crippen MR) is 87.6 cm³/mol. The van der Waals surface area contributed by atoms with E-state index >= 15 is 0 Å². The van der Waals surface area contributed by atoms with Crippen LogP contribution in [0.5, 0.6) is 0 Å². The molecule has 0 saturated carbocycles. The molecule has 0 fully saturated rings. The average molecular weight is 318 g/mol. The quantitative estimate of drug-likeness (QED) is 0.863. The van der Waals surface area contributed by atoms with Crippen molar-refractivity contribution in [3.8, 4) is 0 Å². The monoisotopic (exact) mass is 318 g/mol. The lowest BCUT2D eigenvalue weighted by Crippen LogP contribution is -2.39. The molecule has 0 atom stereocenters. The molecule has 3 nitrogen and oxygen atoms in total. The van der Waals surface area contributed by atoms with Crippen LogP contribution in [0.15, 0.2) is 42.5 Å². The van der Waals surface area contributed by atoms with Gasteiger partial charge in [-0.1, -0.05) is 43.7 Å². The minimum absolute atomic E-state index is 0.203. The zero-order chi connectivity index (χ0) is 17.0. The van der Waals surface area contributed by atoms with E-state index in [1.807, 2.05) is 45.0 Å². The zero-order valence-corrected chi connectivity index (χ0v) is 13.4. The summed E-state index contributed by atoms with van der Waals surface area (Å²) < 4.78 is 26.0. The maximum Gasteiger partial charge on any atom is 0.319 e. The molecule has 0 radical (unpaired) electrons. The largest absolute Gasteiger partial charge is 0.337 e. The molecular formula is C18H20F2N2O. The van der Waals surface area contributed by atoms with Gasteiger partial charge in [-0.25, -0.2) is 13.6 Å². The van der Waals surface area contributed by atoms with Crippen molar-refractivity contribution >= 4 is 11.7 Å². The summed E-state index contributed by atoms with van der Waals surface area (Å²) in [5, 5.41) is 5.24. The molecule has 122 valence electrons. The third-order valence-corrected chi connectivity index (χ3v) is 3.70. The summed E-state index contributed by atoms with van der Waals surface area (Å²) in [6.45, 7) is 6.47. The highest BCUT2D eigenvalue weighted by molar-refractivity contribution is 5.89. The van der Waals surface area contributed by atoms with Crippen LogP contribution >= 0.6 is 0 Å². The van der Waals surface area contributed by atoms with Crippen molar-refractivity contribution in [1.82, 2.24) is 5.32 Å². The molecule has 2 aromatic carbocycles. The number of carbonyl (C=O) groups is 1. The summed E-state index contributed by atoms with van der Waals surface area (Å²) in [6.07, 6.45) is 0. The summed E-state index contributed by atoms with van der Waals surface area (Å²) in [7, 11) is 0. The molecule has 2 amide bonds. The van der Waals surface area contributed by atoms with Crippen LogP contribution in [0.4, 0.5) is 19.3 Å². The van der Waals surface area contributed by atoms with Crippen molar-refractivity contribution in [3.63, 3.8) is 0 Å². The van der Waals surface area contributed by atoms with Crippen molar-refractivity contribution in [1.29, 1.82) is 0 Å². The number of aryl methyl sites for hydroxylation is 1. The fourth-order valence-corrected chi connectivity index (χ4v) is 2.16. The van der Waals surface area contributed by atoms with Crippen LogP contribution in [-0.4, -0.2) is 12.6 Å². The number of carbonyl (C=O) groups excluding carboxylic acids is 1. The first-order valence-electron chi connectivity index (χ1n) is 7.35. The smallest absolute Gasteiger partial charge is 0.319 e. The standard InChI is InChI=1S/C18H20F2N2O/c1-12-4-6-13(7-5-12)18(2,3)11-21-17(23)22-14-8-9-15(19)16(20)10-14/h4-10H,11H2,1-3H3,(H2,21,22,23). The van der Waals surface area contributed by atoms with Crippen LogP contribution in [0.1, 0.15) is 25.0 Å². The van der Waals surface area contributed by atoms with Crippen molar-refractivity contribution in [3.05, 3.63) is 65.2 Å². The molecular weight excluding hydrogens is 298 g/mol. The second-order valence-corrected chi connectivity index (χ2v) is 6.19. The van der Waals surface area contributed by atoms with Gasteiger partial charge in [-0.3, -0.25) is 0 Å². The normalized spacial score (nSPS) is 11.2. The number of nitrogens with one attached hydrogen (secondary N) is 2. The van der Waals surface area contributed by atoms with E-state index in [0.29, 0.717) is 6.54 Å². The van der Waals surface area contributed by atoms with Gasteiger partial charge in [-0.2, -0.15) is 0 Å². The highest BCUT2D eigenvalue weighted by atomic mass is 19.2. The second-order valence-electron chi connectivity index (χ2n) is 6.19. The summed E-state index contributed by atoms with van der Waals surface area (Å²) in [6, 6.07) is 10.9. The SMILES string of the molecule is Cc1ccc(C(C)(C)CNC(=O)Nc2ccc(F)c(F)c2)cc1. The lowest BCUT2D eigenvalue weighted by Gasteiger charge is -2.26. The number of anilines is 1. The van der Waals surface area contributed by atoms with Gasteiger partial charge >= 0.3 is 6.03 Å². The van der Waals surface area contributed by atoms with Crippen molar-refractivity contribution in [2.24, 2.45) is 0 Å². The first-order valence-corrected chi connectivity index (χ1v) is 7.35. The van der Waals surface area contributed by atoms with E-state index in [1.165, 1.54) is 11.6 Å². The number of rotatable bonds is 4. The van der Waals surface area contributed by atoms with E-state index in [2.05, 4.69) is 10.6 Å². The number of amides is 2. The molecule has 0 aliphatic heterocycles. The van der Waals surface area contributed by atoms with E-state index in [0.717, 1.165) is 17.7 Å². The van der Waals surface area contributed by atoms with Gasteiger partial charge in [-0.15, -0.1) is 0 Å². The van der Waals surface area contributed by atoms with Crippen LogP contribution in [0, 0.1) is 18.6 Å². The Hall–Kier alpha value is -2.43. The maximum absolute atomic E-state index is 13.1. The molecule has 0 unspecified atom stereocenters. The van der Waals surface area contributed by atoms with Gasteiger partial charge in [0.2, 0.25) is 0 Å². The lowest BCUT2D eigenvalue weighted by atomic mass is 9.84. The first-order chi connectivity index (χ1) is 10.8. The first kappa shape index (κ1) is 16.9. The van der Waals surface area contributed by atoms with E-state index in [1.54, 1.807) is 0 Å². The van der Waals surface area contributed by atoms with E-state index in [4.69, 9.17) is 0 Å². The third kappa shape index (κ3) is 4.52. The van der Waals surface area contributed by atoms with E-state index in [-0.39, 0.29) is 11.1 Å². The zero-order valence-electron chi connectivity index (χ0n) is 13.4. The predicted octanol–water partition coefficient (Wildman–Crippen LogP) is 4.37. The maximum atomic E-state index is 13.1.